The standard InChI is InChI=1S/C18H21N5S.ClH/c1-15-8-10-16(11-9-15)14-19-12-5-13-24-18-20-21-22-23(18)17-6-3-2-4-7-17;/h2-4,6-11,19H,5,12-14H2,1H3;1H/p-1. The van der Waals surface area contributed by atoms with E-state index in [-0.39, 0.29) is 12.4 Å². The lowest BCUT2D eigenvalue weighted by Crippen LogP contribution is -3.00. The molecule has 0 bridgehead atoms. The van der Waals surface area contributed by atoms with E-state index >= 15 is 0 Å². The van der Waals surface area contributed by atoms with Gasteiger partial charge in [-0.25, -0.2) is 0 Å². The largest absolute Gasteiger partial charge is 1.00 e. The number of aromatic nitrogens is 4. The first-order valence-corrected chi connectivity index (χ1v) is 9.04. The Balaban J connectivity index is 0.00000225. The van der Waals surface area contributed by atoms with E-state index in [4.69, 9.17) is 0 Å². The Bertz CT molecular complexity index is 746. The number of nitrogens with zero attached hydrogens (tertiary/aromatic N) is 4. The molecule has 7 heteroatoms. The monoisotopic (exact) mass is 374 g/mol. The van der Waals surface area contributed by atoms with Crippen LogP contribution in [0.3, 0.4) is 0 Å². The molecule has 25 heavy (non-hydrogen) atoms. The van der Waals surface area contributed by atoms with Gasteiger partial charge in [0.2, 0.25) is 5.16 Å². The van der Waals surface area contributed by atoms with Crippen molar-refractivity contribution >= 4 is 11.8 Å². The highest BCUT2D eigenvalue weighted by molar-refractivity contribution is 7.99. The highest BCUT2D eigenvalue weighted by atomic mass is 35.5. The summed E-state index contributed by atoms with van der Waals surface area (Å²) in [6, 6.07) is 18.6. The summed E-state index contributed by atoms with van der Waals surface area (Å²) >= 11 is 1.68. The van der Waals surface area contributed by atoms with Crippen LogP contribution in [0.1, 0.15) is 17.5 Å². The van der Waals surface area contributed by atoms with Crippen LogP contribution in [0.4, 0.5) is 0 Å². The van der Waals surface area contributed by atoms with Gasteiger partial charge in [-0.3, -0.25) is 0 Å². The van der Waals surface area contributed by atoms with E-state index in [9.17, 15) is 0 Å². The molecule has 3 rings (SSSR count). The quantitative estimate of drug-likeness (QED) is 0.452. The smallest absolute Gasteiger partial charge is 0.214 e. The van der Waals surface area contributed by atoms with Gasteiger partial charge in [-0.15, -0.1) is 5.10 Å². The predicted octanol–water partition coefficient (Wildman–Crippen LogP) is 0.247. The first kappa shape index (κ1) is 19.4. The third-order valence-corrected chi connectivity index (χ3v) is 4.63. The van der Waals surface area contributed by atoms with Crippen molar-refractivity contribution in [2.75, 3.05) is 12.3 Å². The van der Waals surface area contributed by atoms with Crippen LogP contribution in [0.15, 0.2) is 59.8 Å². The summed E-state index contributed by atoms with van der Waals surface area (Å²) in [5, 5.41) is 16.3. The van der Waals surface area contributed by atoms with Crippen LogP contribution in [0.5, 0.6) is 0 Å². The van der Waals surface area contributed by atoms with Crippen molar-refractivity contribution in [2.45, 2.75) is 25.0 Å². The zero-order valence-corrected chi connectivity index (χ0v) is 15.7. The number of aryl methyl sites for hydroxylation is 1. The molecule has 0 amide bonds. The molecule has 2 aromatic carbocycles. The van der Waals surface area contributed by atoms with Crippen LogP contribution in [0, 0.1) is 6.92 Å². The van der Waals surface area contributed by atoms with Crippen LogP contribution >= 0.6 is 11.8 Å². The van der Waals surface area contributed by atoms with Gasteiger partial charge in [0.15, 0.2) is 0 Å². The van der Waals surface area contributed by atoms with Crippen LogP contribution in [0.25, 0.3) is 5.69 Å². The van der Waals surface area contributed by atoms with Gasteiger partial charge in [-0.1, -0.05) is 59.8 Å². The lowest BCUT2D eigenvalue weighted by atomic mass is 10.1. The maximum Gasteiger partial charge on any atom is 0.214 e. The Hall–Kier alpha value is -1.89. The second-order valence-corrected chi connectivity index (χ2v) is 6.64. The third kappa shape index (κ3) is 5.85. The Morgan fingerprint density at radius 2 is 1.80 bits per heavy atom. The predicted molar refractivity (Wildman–Crippen MR) is 97.4 cm³/mol. The van der Waals surface area contributed by atoms with Gasteiger partial charge in [-0.2, -0.15) is 4.68 Å². The lowest BCUT2D eigenvalue weighted by molar-refractivity contribution is -0.00000506. The van der Waals surface area contributed by atoms with Crippen LogP contribution in [-0.4, -0.2) is 32.5 Å². The first-order chi connectivity index (χ1) is 11.8. The van der Waals surface area contributed by atoms with Gasteiger partial charge in [0.05, 0.1) is 5.69 Å². The molecule has 132 valence electrons. The van der Waals surface area contributed by atoms with E-state index in [0.29, 0.717) is 0 Å². The normalized spacial score (nSPS) is 10.4. The zero-order chi connectivity index (χ0) is 16.6. The first-order valence-electron chi connectivity index (χ1n) is 8.06. The van der Waals surface area contributed by atoms with Gasteiger partial charge in [-0.05, 0) is 48.0 Å². The van der Waals surface area contributed by atoms with Gasteiger partial charge >= 0.3 is 0 Å². The summed E-state index contributed by atoms with van der Waals surface area (Å²) in [5.74, 6) is 0.980. The molecule has 5 nitrogen and oxygen atoms in total. The second-order valence-electron chi connectivity index (χ2n) is 5.57. The fourth-order valence-electron chi connectivity index (χ4n) is 2.30. The Morgan fingerprint density at radius 1 is 1.04 bits per heavy atom. The number of thioether (sulfide) groups is 1. The molecule has 1 heterocycles. The Kier molecular flexibility index (Phi) is 7.91. The van der Waals surface area contributed by atoms with E-state index < -0.39 is 0 Å². The SMILES string of the molecule is Cc1ccc(CNCCCSc2nnnn2-c2ccccc2)cc1.[Cl-]. The van der Waals surface area contributed by atoms with Crippen molar-refractivity contribution in [3.05, 3.63) is 65.7 Å². The molecule has 0 aliphatic rings. The zero-order valence-electron chi connectivity index (χ0n) is 14.1. The molecule has 0 aliphatic carbocycles. The van der Waals surface area contributed by atoms with E-state index in [0.717, 1.165) is 36.1 Å². The molecule has 0 unspecified atom stereocenters. The molecule has 1 N–H and O–H groups in total. The number of benzene rings is 2. The molecular formula is C18H21ClN5S-. The molecule has 0 spiro atoms. The van der Waals surface area contributed by atoms with E-state index in [2.05, 4.69) is 52.0 Å². The van der Waals surface area contributed by atoms with Gasteiger partial charge in [0.1, 0.15) is 0 Å². The highest BCUT2D eigenvalue weighted by Gasteiger charge is 2.07. The van der Waals surface area contributed by atoms with Crippen molar-refractivity contribution < 1.29 is 12.4 Å². The molecule has 1 aromatic heterocycles. The number of para-hydroxylation sites is 1. The summed E-state index contributed by atoms with van der Waals surface area (Å²) in [7, 11) is 0. The topological polar surface area (TPSA) is 55.6 Å². The molecular weight excluding hydrogens is 354 g/mol. The van der Waals surface area contributed by atoms with Gasteiger partial charge in [0.25, 0.3) is 0 Å². The van der Waals surface area contributed by atoms with Crippen LogP contribution in [0.2, 0.25) is 0 Å². The maximum absolute atomic E-state index is 4.11. The minimum Gasteiger partial charge on any atom is -1.00 e. The van der Waals surface area contributed by atoms with Crippen molar-refractivity contribution in [1.82, 2.24) is 25.5 Å². The number of hydrogen-bond acceptors (Lipinski definition) is 5. The summed E-state index contributed by atoms with van der Waals surface area (Å²) < 4.78 is 1.78. The van der Waals surface area contributed by atoms with E-state index in [1.54, 1.807) is 16.4 Å². The molecule has 0 radical (unpaired) electrons. The van der Waals surface area contributed by atoms with Crippen molar-refractivity contribution in [3.8, 4) is 5.69 Å². The number of rotatable bonds is 8. The third-order valence-electron chi connectivity index (χ3n) is 3.62. The minimum atomic E-state index is 0. The summed E-state index contributed by atoms with van der Waals surface area (Å²) in [6.45, 7) is 4.00. The summed E-state index contributed by atoms with van der Waals surface area (Å²) in [4.78, 5) is 0. The maximum atomic E-state index is 4.11. The summed E-state index contributed by atoms with van der Waals surface area (Å²) in [5.41, 5.74) is 3.61. The number of nitrogens with one attached hydrogen (secondary N) is 1. The van der Waals surface area contributed by atoms with Crippen LogP contribution in [-0.2, 0) is 6.54 Å². The fourth-order valence-corrected chi connectivity index (χ4v) is 3.13. The molecule has 0 atom stereocenters. The van der Waals surface area contributed by atoms with Crippen molar-refractivity contribution in [2.24, 2.45) is 0 Å². The molecule has 0 saturated carbocycles. The average Bonchev–Trinajstić information content (AvgIpc) is 3.09. The van der Waals surface area contributed by atoms with Crippen molar-refractivity contribution in [3.63, 3.8) is 0 Å². The Morgan fingerprint density at radius 3 is 2.56 bits per heavy atom. The highest BCUT2D eigenvalue weighted by Crippen LogP contribution is 2.18. The number of tetrazole rings is 1. The minimum absolute atomic E-state index is 0. The Labute approximate surface area is 158 Å². The molecule has 0 saturated heterocycles. The van der Waals surface area contributed by atoms with Gasteiger partial charge in [0, 0.05) is 12.3 Å². The second kappa shape index (κ2) is 10.2. The van der Waals surface area contributed by atoms with Crippen molar-refractivity contribution in [1.29, 1.82) is 0 Å². The molecule has 0 fully saturated rings. The lowest BCUT2D eigenvalue weighted by Gasteiger charge is -2.06. The molecule has 0 aliphatic heterocycles. The van der Waals surface area contributed by atoms with Gasteiger partial charge < -0.3 is 17.7 Å². The summed E-state index contributed by atoms with van der Waals surface area (Å²) in [6.07, 6.45) is 1.07. The molecule has 3 aromatic rings. The van der Waals surface area contributed by atoms with E-state index in [1.807, 2.05) is 30.3 Å². The van der Waals surface area contributed by atoms with E-state index in [1.165, 1.54) is 11.1 Å². The number of halogens is 1. The fraction of sp³-hybridized carbons (Fsp3) is 0.278. The van der Waals surface area contributed by atoms with Crippen LogP contribution < -0.4 is 17.7 Å². The number of hydrogen-bond donors (Lipinski definition) is 1. The average molecular weight is 375 g/mol.